The average Bonchev–Trinajstić information content (AvgIpc) is 2.91. The number of aliphatic hydroxyl groups is 2. The Balaban J connectivity index is 0.00000181. The fourth-order valence-corrected chi connectivity index (χ4v) is 7.68. The average molecular weight is 510 g/mol. The molecule has 0 bridgehead atoms. The SMILES string of the molecule is C[C@]12CCC(=O)C=C1CC[C@@H]1[C@@H]2[C@@H](O)C[C@@]2(C)[C@H]1CC[C@]2(O)C(=O)COP(=O)([O-])[O-].[Na+].[Na+].[NaH]. The van der Waals surface area contributed by atoms with E-state index in [2.05, 4.69) is 11.4 Å². The number of hydrogen-bond acceptors (Lipinski definition) is 8. The van der Waals surface area contributed by atoms with Crippen LogP contribution in [0.25, 0.3) is 0 Å². The van der Waals surface area contributed by atoms with Crippen LogP contribution < -0.4 is 68.9 Å². The molecule has 33 heavy (non-hydrogen) atoms. The summed E-state index contributed by atoms with van der Waals surface area (Å²) in [6.45, 7) is 2.92. The minimum atomic E-state index is -5.33. The van der Waals surface area contributed by atoms with Gasteiger partial charge in [0, 0.05) is 11.8 Å². The topological polar surface area (TPSA) is 147 Å². The van der Waals surface area contributed by atoms with Crippen molar-refractivity contribution in [3.05, 3.63) is 11.6 Å². The van der Waals surface area contributed by atoms with Crippen LogP contribution in [-0.4, -0.2) is 69.6 Å². The first kappa shape index (κ1) is 33.1. The molecule has 0 aromatic rings. The van der Waals surface area contributed by atoms with E-state index in [1.54, 1.807) is 13.0 Å². The number of phosphoric ester groups is 1. The van der Waals surface area contributed by atoms with Crippen LogP contribution in [0.3, 0.4) is 0 Å². The molecular weight excluding hydrogens is 480 g/mol. The van der Waals surface area contributed by atoms with E-state index >= 15 is 0 Å². The molecule has 0 heterocycles. The fourth-order valence-electron chi connectivity index (χ4n) is 7.41. The molecule has 0 spiro atoms. The summed E-state index contributed by atoms with van der Waals surface area (Å²) in [5, 5.41) is 22.6. The zero-order chi connectivity index (χ0) is 22.1. The fraction of sp³-hybridized carbons (Fsp3) is 0.810. The van der Waals surface area contributed by atoms with Crippen molar-refractivity contribution >= 4 is 48.9 Å². The molecule has 2 N–H and O–H groups in total. The van der Waals surface area contributed by atoms with Gasteiger partial charge in [0.2, 0.25) is 0 Å². The molecule has 0 aromatic carbocycles. The summed E-state index contributed by atoms with van der Waals surface area (Å²) in [5.74, 6) is -0.688. The molecule has 170 valence electrons. The van der Waals surface area contributed by atoms with E-state index in [0.717, 1.165) is 18.4 Å². The Hall–Kier alpha value is 2.11. The molecular formula is C21H30Na3O8P. The molecule has 0 aromatic heterocycles. The second-order valence-corrected chi connectivity index (χ2v) is 11.3. The van der Waals surface area contributed by atoms with E-state index in [0.29, 0.717) is 19.3 Å². The van der Waals surface area contributed by atoms with Crippen LogP contribution >= 0.6 is 7.82 Å². The van der Waals surface area contributed by atoms with Gasteiger partial charge in [-0.15, -0.1) is 0 Å². The Bertz CT molecular complexity index is 862. The Labute approximate surface area is 261 Å². The van der Waals surface area contributed by atoms with Gasteiger partial charge in [-0.05, 0) is 67.8 Å². The molecule has 3 fully saturated rings. The van der Waals surface area contributed by atoms with Crippen LogP contribution in [0.15, 0.2) is 11.6 Å². The van der Waals surface area contributed by atoms with Crippen LogP contribution in [0.2, 0.25) is 0 Å². The molecule has 7 atom stereocenters. The molecule has 8 nitrogen and oxygen atoms in total. The van der Waals surface area contributed by atoms with Gasteiger partial charge in [-0.3, -0.25) is 9.59 Å². The number of Topliss-reactive ketones (excluding diaryl/α,β-unsaturated/α-hetero) is 1. The van der Waals surface area contributed by atoms with Crippen molar-refractivity contribution in [2.45, 2.75) is 70.5 Å². The standard InChI is InChI=1S/C21H31O8P.3Na.H/c1-19-7-5-13(22)9-12(19)3-4-14-15-6-8-21(25,17(24)11-29-30(26,27)28)20(15,2)10-16(23)18(14)19;;;;/h9,14-16,18,23,25H,3-8,10-11H2,1-2H3,(H2,26,27,28);;;;/q;;2*+1;/p-2/t14-,15-,16-,18+,19-,20-,21-;;;;/m0..../s1. The van der Waals surface area contributed by atoms with Gasteiger partial charge in [-0.1, -0.05) is 19.4 Å². The van der Waals surface area contributed by atoms with E-state index in [1.165, 1.54) is 0 Å². The summed E-state index contributed by atoms with van der Waals surface area (Å²) in [6, 6.07) is 0. The Morgan fingerprint density at radius 1 is 1.21 bits per heavy atom. The Morgan fingerprint density at radius 2 is 1.85 bits per heavy atom. The third kappa shape index (κ3) is 5.62. The van der Waals surface area contributed by atoms with E-state index in [1.807, 2.05) is 0 Å². The van der Waals surface area contributed by atoms with E-state index in [4.69, 9.17) is 0 Å². The number of ketones is 2. The molecule has 0 unspecified atom stereocenters. The predicted octanol–water partition coefficient (Wildman–Crippen LogP) is -6.01. The van der Waals surface area contributed by atoms with Gasteiger partial charge in [-0.25, -0.2) is 0 Å². The van der Waals surface area contributed by atoms with Gasteiger partial charge in [0.15, 0.2) is 11.6 Å². The number of rotatable bonds is 4. The van der Waals surface area contributed by atoms with E-state index in [9.17, 15) is 34.2 Å². The Kier molecular flexibility index (Phi) is 11.5. The Morgan fingerprint density at radius 3 is 2.45 bits per heavy atom. The van der Waals surface area contributed by atoms with Crippen molar-refractivity contribution in [1.29, 1.82) is 0 Å². The third-order valence-corrected chi connectivity index (χ3v) is 9.31. The van der Waals surface area contributed by atoms with Crippen LogP contribution in [0.5, 0.6) is 0 Å². The molecule has 4 rings (SSSR count). The number of allylic oxidation sites excluding steroid dienone is 1. The van der Waals surface area contributed by atoms with Gasteiger partial charge in [0.25, 0.3) is 0 Å². The molecule has 3 saturated carbocycles. The maximum atomic E-state index is 12.8. The summed E-state index contributed by atoms with van der Waals surface area (Å²) in [7, 11) is -5.33. The quantitative estimate of drug-likeness (QED) is 0.281. The first-order valence-corrected chi connectivity index (χ1v) is 12.1. The summed E-state index contributed by atoms with van der Waals surface area (Å²) in [4.78, 5) is 46.3. The molecule has 0 aliphatic heterocycles. The van der Waals surface area contributed by atoms with Gasteiger partial charge in [-0.2, -0.15) is 0 Å². The number of phosphoric acid groups is 1. The van der Waals surface area contributed by atoms with Crippen LogP contribution in [-0.2, 0) is 18.7 Å². The zero-order valence-electron chi connectivity index (χ0n) is 19.3. The summed E-state index contributed by atoms with van der Waals surface area (Å²) < 4.78 is 15.0. The van der Waals surface area contributed by atoms with Gasteiger partial charge in [0.1, 0.15) is 12.2 Å². The molecule has 4 aliphatic rings. The number of hydrogen-bond donors (Lipinski definition) is 2. The predicted molar refractivity (Wildman–Crippen MR) is 109 cm³/mol. The van der Waals surface area contributed by atoms with Gasteiger partial charge < -0.3 is 29.1 Å². The molecule has 4 aliphatic carbocycles. The van der Waals surface area contributed by atoms with Crippen molar-refractivity contribution in [2.75, 3.05) is 6.61 Å². The minimum absolute atomic E-state index is 0. The number of fused-ring (bicyclic) bond motifs is 5. The van der Waals surface area contributed by atoms with Crippen LogP contribution in [0.4, 0.5) is 0 Å². The van der Waals surface area contributed by atoms with Crippen molar-refractivity contribution in [3.8, 4) is 0 Å². The number of aliphatic hydroxyl groups excluding tert-OH is 1. The maximum absolute atomic E-state index is 12.8. The first-order valence-electron chi connectivity index (χ1n) is 10.7. The molecule has 0 saturated heterocycles. The van der Waals surface area contributed by atoms with Crippen molar-refractivity contribution in [3.63, 3.8) is 0 Å². The zero-order valence-corrected chi connectivity index (χ0v) is 24.2. The van der Waals surface area contributed by atoms with Crippen molar-refractivity contribution < 1.29 is 97.8 Å². The van der Waals surface area contributed by atoms with E-state index < -0.39 is 37.3 Å². The number of carbonyl (C=O) groups is 2. The second kappa shape index (κ2) is 11.5. The normalized spacial score (nSPS) is 41.8. The van der Waals surface area contributed by atoms with Crippen LogP contribution in [0, 0.1) is 28.6 Å². The van der Waals surface area contributed by atoms with Gasteiger partial charge >= 0.3 is 88.7 Å². The van der Waals surface area contributed by atoms with E-state index in [-0.39, 0.29) is 130 Å². The second-order valence-electron chi connectivity index (χ2n) is 10.1. The molecule has 0 amide bonds. The monoisotopic (exact) mass is 510 g/mol. The number of carbonyl (C=O) groups excluding carboxylic acids is 2. The summed E-state index contributed by atoms with van der Waals surface area (Å²) in [5.41, 5.74) is -1.96. The third-order valence-electron chi connectivity index (χ3n) is 8.86. The summed E-state index contributed by atoms with van der Waals surface area (Å²) in [6.07, 6.45) is 4.59. The molecule has 12 heteroatoms. The van der Waals surface area contributed by atoms with Crippen molar-refractivity contribution in [2.24, 2.45) is 28.6 Å². The molecule has 0 radical (unpaired) electrons. The van der Waals surface area contributed by atoms with Crippen molar-refractivity contribution in [1.82, 2.24) is 0 Å². The summed E-state index contributed by atoms with van der Waals surface area (Å²) >= 11 is 0. The van der Waals surface area contributed by atoms with Gasteiger partial charge in [0.05, 0.1) is 13.9 Å². The first-order chi connectivity index (χ1) is 13.8. The van der Waals surface area contributed by atoms with Crippen LogP contribution in [0.1, 0.15) is 58.8 Å².